The topological polar surface area (TPSA) is 153 Å². The first kappa shape index (κ1) is 13.2. The van der Waals surface area contributed by atoms with Gasteiger partial charge in [-0.15, -0.1) is 0 Å². The molecule has 0 aliphatic carbocycles. The molecule has 0 rings (SSSR count). The first-order valence-electron chi connectivity index (χ1n) is 3.69. The van der Waals surface area contributed by atoms with E-state index in [0.717, 1.165) is 0 Å². The van der Waals surface area contributed by atoms with E-state index >= 15 is 0 Å². The third-order valence-corrected chi connectivity index (χ3v) is 1.61. The van der Waals surface area contributed by atoms with Gasteiger partial charge in [-0.05, 0) is 0 Å². The van der Waals surface area contributed by atoms with Crippen LogP contribution in [0, 0.1) is 0 Å². The summed E-state index contributed by atoms with van der Waals surface area (Å²) < 4.78 is 0. The molecule has 0 aromatic heterocycles. The van der Waals surface area contributed by atoms with Crippen molar-refractivity contribution in [3.8, 4) is 0 Å². The van der Waals surface area contributed by atoms with Gasteiger partial charge in [0.1, 0.15) is 18.3 Å². The van der Waals surface area contributed by atoms with Crippen LogP contribution in [-0.2, 0) is 9.63 Å². The highest BCUT2D eigenvalue weighted by Crippen LogP contribution is 2.05. The zero-order valence-electron chi connectivity index (χ0n) is 7.15. The summed E-state index contributed by atoms with van der Waals surface area (Å²) in [6.07, 6.45) is -7.64. The molecule has 4 atom stereocenters. The second-order valence-electron chi connectivity index (χ2n) is 2.61. The molecule has 14 heavy (non-hydrogen) atoms. The molecule has 0 saturated carbocycles. The third kappa shape index (κ3) is 3.18. The quantitative estimate of drug-likeness (QED) is 0.250. The lowest BCUT2D eigenvalue weighted by Gasteiger charge is -2.23. The van der Waals surface area contributed by atoms with Crippen molar-refractivity contribution < 1.29 is 35.2 Å². The van der Waals surface area contributed by atoms with Gasteiger partial charge in [0.15, 0.2) is 6.10 Å². The van der Waals surface area contributed by atoms with Crippen molar-refractivity contribution in [2.24, 2.45) is 5.90 Å². The molecule has 84 valence electrons. The summed E-state index contributed by atoms with van der Waals surface area (Å²) in [5, 5.41) is 44.3. The summed E-state index contributed by atoms with van der Waals surface area (Å²) in [7, 11) is 0. The van der Waals surface area contributed by atoms with E-state index in [9.17, 15) is 4.79 Å². The standard InChI is InChI=1S/C6H13NO7/c7-14-6(13)5(12)4(11)3(10)2(9)1-8/h2-5,8-12H,1,7H2. The molecule has 0 saturated heterocycles. The molecule has 0 aliphatic rings. The largest absolute Gasteiger partial charge is 0.394 e. The zero-order chi connectivity index (χ0) is 11.3. The predicted octanol–water partition coefficient (Wildman–Crippen LogP) is -4.16. The van der Waals surface area contributed by atoms with Gasteiger partial charge in [-0.1, -0.05) is 0 Å². The van der Waals surface area contributed by atoms with E-state index in [1.165, 1.54) is 0 Å². The van der Waals surface area contributed by atoms with Gasteiger partial charge in [0.05, 0.1) is 6.61 Å². The van der Waals surface area contributed by atoms with Crippen LogP contribution in [0.3, 0.4) is 0 Å². The molecule has 0 spiro atoms. The van der Waals surface area contributed by atoms with E-state index in [0.29, 0.717) is 0 Å². The van der Waals surface area contributed by atoms with Gasteiger partial charge in [0.2, 0.25) is 0 Å². The number of aliphatic hydroxyl groups excluding tert-OH is 5. The Morgan fingerprint density at radius 3 is 2.07 bits per heavy atom. The highest BCUT2D eigenvalue weighted by atomic mass is 16.7. The number of carbonyl (C=O) groups excluding carboxylic acids is 1. The minimum Gasteiger partial charge on any atom is -0.394 e. The number of aliphatic hydroxyl groups is 5. The van der Waals surface area contributed by atoms with Crippen LogP contribution in [0.2, 0.25) is 0 Å². The lowest BCUT2D eigenvalue weighted by molar-refractivity contribution is -0.170. The van der Waals surface area contributed by atoms with E-state index in [4.69, 9.17) is 25.5 Å². The van der Waals surface area contributed by atoms with Gasteiger partial charge in [-0.25, -0.2) is 4.79 Å². The molecule has 0 fully saturated rings. The average molecular weight is 211 g/mol. The van der Waals surface area contributed by atoms with Gasteiger partial charge in [0, 0.05) is 0 Å². The summed E-state index contributed by atoms with van der Waals surface area (Å²) in [4.78, 5) is 14.1. The first-order chi connectivity index (χ1) is 6.45. The normalized spacial score (nSPS) is 19.6. The molecular weight excluding hydrogens is 198 g/mol. The smallest absolute Gasteiger partial charge is 0.356 e. The Kier molecular flexibility index (Phi) is 5.53. The molecule has 0 amide bonds. The zero-order valence-corrected chi connectivity index (χ0v) is 7.15. The van der Waals surface area contributed by atoms with Crippen LogP contribution in [-0.4, -0.2) is 62.5 Å². The van der Waals surface area contributed by atoms with Crippen LogP contribution in [0.1, 0.15) is 0 Å². The first-order valence-corrected chi connectivity index (χ1v) is 3.69. The summed E-state index contributed by atoms with van der Waals surface area (Å²) in [6, 6.07) is 0. The number of hydrogen-bond acceptors (Lipinski definition) is 8. The summed E-state index contributed by atoms with van der Waals surface area (Å²) in [5.74, 6) is 3.05. The predicted molar refractivity (Wildman–Crippen MR) is 41.4 cm³/mol. The third-order valence-electron chi connectivity index (χ3n) is 1.61. The minimum absolute atomic E-state index is 0.831. The van der Waals surface area contributed by atoms with Gasteiger partial charge >= 0.3 is 5.97 Å². The van der Waals surface area contributed by atoms with Gasteiger partial charge in [-0.2, -0.15) is 5.90 Å². The number of carbonyl (C=O) groups is 1. The fourth-order valence-corrected chi connectivity index (χ4v) is 0.732. The van der Waals surface area contributed by atoms with Gasteiger partial charge < -0.3 is 30.4 Å². The highest BCUT2D eigenvalue weighted by Gasteiger charge is 2.34. The van der Waals surface area contributed by atoms with Crippen molar-refractivity contribution in [1.29, 1.82) is 0 Å². The number of hydrogen-bond donors (Lipinski definition) is 6. The maximum absolute atomic E-state index is 10.6. The van der Waals surface area contributed by atoms with Crippen molar-refractivity contribution in [3.63, 3.8) is 0 Å². The summed E-state index contributed by atoms with van der Waals surface area (Å²) in [5.41, 5.74) is 0. The molecule has 0 bridgehead atoms. The molecule has 0 aromatic carbocycles. The molecular formula is C6H13NO7. The minimum atomic E-state index is -2.09. The van der Waals surface area contributed by atoms with Crippen LogP contribution in [0.5, 0.6) is 0 Å². The Bertz CT molecular complexity index is 187. The molecule has 8 nitrogen and oxygen atoms in total. The van der Waals surface area contributed by atoms with Gasteiger partial charge in [0.25, 0.3) is 0 Å². The molecule has 7 N–H and O–H groups in total. The fraction of sp³-hybridized carbons (Fsp3) is 0.833. The Balaban J connectivity index is 4.30. The van der Waals surface area contributed by atoms with Crippen molar-refractivity contribution in [1.82, 2.24) is 0 Å². The van der Waals surface area contributed by atoms with E-state index in [-0.39, 0.29) is 0 Å². The van der Waals surface area contributed by atoms with Crippen molar-refractivity contribution >= 4 is 5.97 Å². The maximum Gasteiger partial charge on any atom is 0.356 e. The Morgan fingerprint density at radius 2 is 1.71 bits per heavy atom. The van der Waals surface area contributed by atoms with E-state index in [1.54, 1.807) is 0 Å². The molecule has 0 radical (unpaired) electrons. The fourth-order valence-electron chi connectivity index (χ4n) is 0.732. The lowest BCUT2D eigenvalue weighted by Crippen LogP contribution is -2.49. The summed E-state index contributed by atoms with van der Waals surface area (Å²) in [6.45, 7) is -0.831. The van der Waals surface area contributed by atoms with Crippen LogP contribution < -0.4 is 5.90 Å². The van der Waals surface area contributed by atoms with E-state index < -0.39 is 37.0 Å². The number of rotatable bonds is 5. The molecule has 4 unspecified atom stereocenters. The van der Waals surface area contributed by atoms with Crippen LogP contribution >= 0.6 is 0 Å². The Morgan fingerprint density at radius 1 is 1.21 bits per heavy atom. The van der Waals surface area contributed by atoms with Crippen molar-refractivity contribution in [3.05, 3.63) is 0 Å². The van der Waals surface area contributed by atoms with Crippen molar-refractivity contribution in [2.75, 3.05) is 6.61 Å². The molecule has 0 aromatic rings. The SMILES string of the molecule is NOC(=O)C(O)C(O)C(O)C(O)CO. The number of nitrogens with two attached hydrogens (primary N) is 1. The molecule has 0 aliphatic heterocycles. The van der Waals surface area contributed by atoms with E-state index in [2.05, 4.69) is 10.7 Å². The van der Waals surface area contributed by atoms with E-state index in [1.807, 2.05) is 0 Å². The molecule has 0 heterocycles. The second-order valence-corrected chi connectivity index (χ2v) is 2.61. The monoisotopic (exact) mass is 211 g/mol. The van der Waals surface area contributed by atoms with Gasteiger partial charge in [-0.3, -0.25) is 0 Å². The van der Waals surface area contributed by atoms with Crippen molar-refractivity contribution in [2.45, 2.75) is 24.4 Å². The second kappa shape index (κ2) is 5.86. The maximum atomic E-state index is 10.6. The molecule has 8 heteroatoms. The highest BCUT2D eigenvalue weighted by molar-refractivity contribution is 5.74. The van der Waals surface area contributed by atoms with Crippen LogP contribution in [0.15, 0.2) is 0 Å². The average Bonchev–Trinajstić information content (AvgIpc) is 2.23. The lowest BCUT2D eigenvalue weighted by atomic mass is 10.0. The van der Waals surface area contributed by atoms with Crippen LogP contribution in [0.25, 0.3) is 0 Å². The Hall–Kier alpha value is -0.770. The summed E-state index contributed by atoms with van der Waals surface area (Å²) >= 11 is 0. The Labute approximate surface area is 79.1 Å². The van der Waals surface area contributed by atoms with Crippen LogP contribution in [0.4, 0.5) is 0 Å².